The van der Waals surface area contributed by atoms with Gasteiger partial charge in [0.25, 0.3) is 0 Å². The average molecular weight is 193 g/mol. The molecule has 2 heteroatoms. The van der Waals surface area contributed by atoms with Crippen LogP contribution in [0, 0.1) is 12.3 Å². The lowest BCUT2D eigenvalue weighted by Gasteiger charge is -2.22. The largest absolute Gasteiger partial charge is 0.497 e. The molecular formula is C12H19NO. The molecule has 1 rings (SSSR count). The monoisotopic (exact) mass is 193 g/mol. The van der Waals surface area contributed by atoms with Gasteiger partial charge in [-0.1, -0.05) is 6.92 Å². The van der Waals surface area contributed by atoms with E-state index in [1.165, 1.54) is 0 Å². The van der Waals surface area contributed by atoms with Gasteiger partial charge in [-0.25, -0.2) is 0 Å². The summed E-state index contributed by atoms with van der Waals surface area (Å²) in [7, 11) is 0. The van der Waals surface area contributed by atoms with Crippen molar-refractivity contribution in [2.24, 2.45) is 0 Å². The van der Waals surface area contributed by atoms with Gasteiger partial charge < -0.3 is 10.1 Å². The van der Waals surface area contributed by atoms with Gasteiger partial charge in [0.05, 0.1) is 6.26 Å². The zero-order valence-corrected chi connectivity index (χ0v) is 8.83. The molecule has 0 radical (unpaired) electrons. The fourth-order valence-electron chi connectivity index (χ4n) is 1.54. The third-order valence-corrected chi connectivity index (χ3v) is 2.51. The standard InChI is InChI=1S/C12H19NO/c1-3-7-11(4-2)13-10-12-8-5-6-9-14-12/h1,6,9,11-13H,4-5,7-8,10H2,2H3. The molecule has 14 heavy (non-hydrogen) atoms. The first-order chi connectivity index (χ1) is 6.86. The molecule has 0 aromatic carbocycles. The van der Waals surface area contributed by atoms with Crippen LogP contribution in [0.5, 0.6) is 0 Å². The van der Waals surface area contributed by atoms with Crippen molar-refractivity contribution in [2.45, 2.75) is 44.8 Å². The van der Waals surface area contributed by atoms with E-state index in [-0.39, 0.29) is 0 Å². The fraction of sp³-hybridized carbons (Fsp3) is 0.667. The number of nitrogens with one attached hydrogen (secondary N) is 1. The Hall–Kier alpha value is -0.940. The molecule has 0 amide bonds. The molecule has 1 aliphatic rings. The normalized spacial score (nSPS) is 22.4. The van der Waals surface area contributed by atoms with E-state index in [4.69, 9.17) is 11.2 Å². The molecule has 1 N–H and O–H groups in total. The van der Waals surface area contributed by atoms with Crippen molar-refractivity contribution in [3.8, 4) is 12.3 Å². The van der Waals surface area contributed by atoms with Gasteiger partial charge in [0.15, 0.2) is 0 Å². The lowest BCUT2D eigenvalue weighted by atomic mass is 10.1. The van der Waals surface area contributed by atoms with Crippen LogP contribution in [0.2, 0.25) is 0 Å². The summed E-state index contributed by atoms with van der Waals surface area (Å²) in [6.07, 6.45) is 13.6. The van der Waals surface area contributed by atoms with Gasteiger partial charge in [0.1, 0.15) is 6.10 Å². The van der Waals surface area contributed by atoms with E-state index in [1.807, 2.05) is 0 Å². The second-order valence-corrected chi connectivity index (χ2v) is 3.63. The second-order valence-electron chi connectivity index (χ2n) is 3.63. The van der Waals surface area contributed by atoms with Crippen LogP contribution >= 0.6 is 0 Å². The van der Waals surface area contributed by atoms with E-state index in [1.54, 1.807) is 6.26 Å². The Labute approximate surface area is 86.7 Å². The zero-order valence-electron chi connectivity index (χ0n) is 8.83. The molecule has 78 valence electrons. The third-order valence-electron chi connectivity index (χ3n) is 2.51. The molecule has 1 aliphatic heterocycles. The molecule has 0 fully saturated rings. The van der Waals surface area contributed by atoms with Crippen LogP contribution in [0.25, 0.3) is 0 Å². The molecule has 1 heterocycles. The Balaban J connectivity index is 2.18. The highest BCUT2D eigenvalue weighted by Crippen LogP contribution is 2.09. The number of ether oxygens (including phenoxy) is 1. The predicted molar refractivity (Wildman–Crippen MR) is 58.8 cm³/mol. The summed E-state index contributed by atoms with van der Waals surface area (Å²) < 4.78 is 5.46. The van der Waals surface area contributed by atoms with Crippen molar-refractivity contribution in [3.63, 3.8) is 0 Å². The summed E-state index contributed by atoms with van der Waals surface area (Å²) in [5, 5.41) is 3.44. The highest BCUT2D eigenvalue weighted by molar-refractivity contribution is 4.90. The Morgan fingerprint density at radius 3 is 3.14 bits per heavy atom. The first-order valence-electron chi connectivity index (χ1n) is 5.34. The number of hydrogen-bond acceptors (Lipinski definition) is 2. The van der Waals surface area contributed by atoms with Crippen molar-refractivity contribution < 1.29 is 4.74 Å². The van der Waals surface area contributed by atoms with Crippen molar-refractivity contribution in [2.75, 3.05) is 6.54 Å². The lowest BCUT2D eigenvalue weighted by molar-refractivity contribution is 0.119. The van der Waals surface area contributed by atoms with Gasteiger partial charge in [-0.2, -0.15) is 0 Å². The van der Waals surface area contributed by atoms with Gasteiger partial charge in [0, 0.05) is 19.0 Å². The highest BCUT2D eigenvalue weighted by atomic mass is 16.5. The summed E-state index contributed by atoms with van der Waals surface area (Å²) in [4.78, 5) is 0. The van der Waals surface area contributed by atoms with Crippen LogP contribution in [0.15, 0.2) is 12.3 Å². The van der Waals surface area contributed by atoms with E-state index in [9.17, 15) is 0 Å². The first-order valence-corrected chi connectivity index (χ1v) is 5.34. The molecule has 0 saturated carbocycles. The number of hydrogen-bond donors (Lipinski definition) is 1. The molecule has 2 nitrogen and oxygen atoms in total. The van der Waals surface area contributed by atoms with E-state index in [0.717, 1.165) is 32.2 Å². The number of rotatable bonds is 5. The summed E-state index contributed by atoms with van der Waals surface area (Å²) in [5.74, 6) is 2.69. The molecular weight excluding hydrogens is 174 g/mol. The predicted octanol–water partition coefficient (Wildman–Crippen LogP) is 2.07. The smallest absolute Gasteiger partial charge is 0.110 e. The van der Waals surface area contributed by atoms with Crippen molar-refractivity contribution in [1.82, 2.24) is 5.32 Å². The fourth-order valence-corrected chi connectivity index (χ4v) is 1.54. The van der Waals surface area contributed by atoms with Crippen molar-refractivity contribution in [3.05, 3.63) is 12.3 Å². The molecule has 0 bridgehead atoms. The summed E-state index contributed by atoms with van der Waals surface area (Å²) in [6, 6.07) is 0.439. The minimum Gasteiger partial charge on any atom is -0.497 e. The zero-order chi connectivity index (χ0) is 10.2. The maximum absolute atomic E-state index is 5.46. The quantitative estimate of drug-likeness (QED) is 0.675. The molecule has 0 aromatic rings. The second kappa shape index (κ2) is 6.50. The van der Waals surface area contributed by atoms with Crippen LogP contribution < -0.4 is 5.32 Å². The summed E-state index contributed by atoms with van der Waals surface area (Å²) in [6.45, 7) is 3.06. The molecule has 0 aromatic heterocycles. The van der Waals surface area contributed by atoms with E-state index in [2.05, 4.69) is 24.2 Å². The van der Waals surface area contributed by atoms with Crippen LogP contribution in [0.1, 0.15) is 32.6 Å². The number of terminal acetylenes is 1. The lowest BCUT2D eigenvalue weighted by Crippen LogP contribution is -2.36. The van der Waals surface area contributed by atoms with E-state index >= 15 is 0 Å². The minimum absolute atomic E-state index is 0.326. The third kappa shape index (κ3) is 3.85. The van der Waals surface area contributed by atoms with Crippen LogP contribution in [0.3, 0.4) is 0 Å². The average Bonchev–Trinajstić information content (AvgIpc) is 2.25. The molecule has 0 aliphatic carbocycles. The number of allylic oxidation sites excluding steroid dienone is 1. The molecule has 2 unspecified atom stereocenters. The minimum atomic E-state index is 0.326. The van der Waals surface area contributed by atoms with Crippen molar-refractivity contribution in [1.29, 1.82) is 0 Å². The van der Waals surface area contributed by atoms with Gasteiger partial charge in [-0.05, 0) is 25.3 Å². The van der Waals surface area contributed by atoms with Crippen molar-refractivity contribution >= 4 is 0 Å². The first kappa shape index (κ1) is 11.1. The van der Waals surface area contributed by atoms with Crippen LogP contribution in [0.4, 0.5) is 0 Å². The maximum atomic E-state index is 5.46. The van der Waals surface area contributed by atoms with Gasteiger partial charge in [-0.3, -0.25) is 0 Å². The van der Waals surface area contributed by atoms with Gasteiger partial charge >= 0.3 is 0 Å². The molecule has 0 spiro atoms. The Morgan fingerprint density at radius 1 is 1.71 bits per heavy atom. The Morgan fingerprint density at radius 2 is 2.57 bits per heavy atom. The molecule has 0 saturated heterocycles. The highest BCUT2D eigenvalue weighted by Gasteiger charge is 2.12. The van der Waals surface area contributed by atoms with Gasteiger partial charge in [-0.15, -0.1) is 12.3 Å². The molecule has 2 atom stereocenters. The Kier molecular flexibility index (Phi) is 5.17. The van der Waals surface area contributed by atoms with Gasteiger partial charge in [0.2, 0.25) is 0 Å². The SMILES string of the molecule is C#CCC(CC)NCC1CCC=CO1. The topological polar surface area (TPSA) is 21.3 Å². The maximum Gasteiger partial charge on any atom is 0.110 e. The van der Waals surface area contributed by atoms with E-state index in [0.29, 0.717) is 12.1 Å². The summed E-state index contributed by atoms with van der Waals surface area (Å²) in [5.41, 5.74) is 0. The Bertz CT molecular complexity index is 217. The van der Waals surface area contributed by atoms with Crippen LogP contribution in [-0.2, 0) is 4.74 Å². The van der Waals surface area contributed by atoms with E-state index < -0.39 is 0 Å². The van der Waals surface area contributed by atoms with Crippen LogP contribution in [-0.4, -0.2) is 18.7 Å². The summed E-state index contributed by atoms with van der Waals surface area (Å²) >= 11 is 0.